The van der Waals surface area contributed by atoms with E-state index in [-0.39, 0.29) is 11.7 Å². The maximum Gasteiger partial charge on any atom is 0.223 e. The van der Waals surface area contributed by atoms with Crippen LogP contribution in [0.5, 0.6) is 0 Å². The third-order valence-electron chi connectivity index (χ3n) is 3.65. The molecule has 3 rings (SSSR count). The highest BCUT2D eigenvalue weighted by atomic mass is 32.1. The Bertz CT molecular complexity index is 780. The summed E-state index contributed by atoms with van der Waals surface area (Å²) in [6.07, 6.45) is 1.07. The molecule has 3 nitrogen and oxygen atoms in total. The Hall–Kier alpha value is -2.27. The molecule has 1 heterocycles. The molecule has 0 aliphatic carbocycles. The Morgan fingerprint density at radius 2 is 1.91 bits per heavy atom. The first-order valence-corrected chi connectivity index (χ1v) is 8.26. The fourth-order valence-electron chi connectivity index (χ4n) is 2.38. The van der Waals surface area contributed by atoms with Crippen LogP contribution in [0, 0.1) is 5.82 Å². The van der Waals surface area contributed by atoms with Crippen molar-refractivity contribution in [1.29, 1.82) is 0 Å². The highest BCUT2D eigenvalue weighted by molar-refractivity contribution is 7.18. The van der Waals surface area contributed by atoms with E-state index >= 15 is 0 Å². The van der Waals surface area contributed by atoms with Crippen molar-refractivity contribution >= 4 is 27.5 Å². The lowest BCUT2D eigenvalue weighted by Crippen LogP contribution is -2.26. The minimum absolute atomic E-state index is 0.0635. The second kappa shape index (κ2) is 6.87. The number of aryl methyl sites for hydroxylation is 1. The molecule has 0 aliphatic heterocycles. The van der Waals surface area contributed by atoms with Crippen LogP contribution in [0.2, 0.25) is 0 Å². The zero-order valence-electron chi connectivity index (χ0n) is 12.8. The van der Waals surface area contributed by atoms with Gasteiger partial charge in [-0.15, -0.1) is 11.3 Å². The minimum Gasteiger partial charge on any atom is -0.341 e. The molecule has 23 heavy (non-hydrogen) atoms. The number of hydrogen-bond acceptors (Lipinski definition) is 3. The van der Waals surface area contributed by atoms with Crippen LogP contribution in [-0.2, 0) is 17.8 Å². The van der Waals surface area contributed by atoms with Crippen molar-refractivity contribution in [1.82, 2.24) is 9.88 Å². The molecule has 0 aliphatic rings. The van der Waals surface area contributed by atoms with Gasteiger partial charge in [0.1, 0.15) is 5.82 Å². The predicted octanol–water partition coefficient (Wildman–Crippen LogP) is 4.03. The van der Waals surface area contributed by atoms with Crippen LogP contribution in [0.4, 0.5) is 4.39 Å². The molecule has 0 unspecified atom stereocenters. The number of amides is 1. The summed E-state index contributed by atoms with van der Waals surface area (Å²) >= 11 is 1.63. The highest BCUT2D eigenvalue weighted by Gasteiger charge is 2.11. The summed E-state index contributed by atoms with van der Waals surface area (Å²) in [6, 6.07) is 14.2. The molecule has 0 radical (unpaired) electrons. The van der Waals surface area contributed by atoms with Gasteiger partial charge in [0.15, 0.2) is 0 Å². The number of benzene rings is 2. The molecule has 3 aromatic rings. The monoisotopic (exact) mass is 328 g/mol. The molecule has 2 aromatic carbocycles. The normalized spacial score (nSPS) is 10.9. The third-order valence-corrected chi connectivity index (χ3v) is 4.75. The number of aromatic nitrogens is 1. The Morgan fingerprint density at radius 3 is 2.65 bits per heavy atom. The van der Waals surface area contributed by atoms with Gasteiger partial charge in [-0.1, -0.05) is 24.3 Å². The Morgan fingerprint density at radius 1 is 1.17 bits per heavy atom. The van der Waals surface area contributed by atoms with E-state index in [0.29, 0.717) is 19.4 Å². The fraction of sp³-hybridized carbons (Fsp3) is 0.222. The van der Waals surface area contributed by atoms with E-state index in [0.717, 1.165) is 20.8 Å². The van der Waals surface area contributed by atoms with Crippen molar-refractivity contribution in [3.8, 4) is 0 Å². The molecule has 5 heteroatoms. The lowest BCUT2D eigenvalue weighted by molar-refractivity contribution is -0.130. The van der Waals surface area contributed by atoms with E-state index in [9.17, 15) is 9.18 Å². The quantitative estimate of drug-likeness (QED) is 0.708. The van der Waals surface area contributed by atoms with Gasteiger partial charge in [-0.3, -0.25) is 4.79 Å². The highest BCUT2D eigenvalue weighted by Crippen LogP contribution is 2.22. The summed E-state index contributed by atoms with van der Waals surface area (Å²) in [5, 5.41) is 0.981. The predicted molar refractivity (Wildman–Crippen MR) is 90.8 cm³/mol. The van der Waals surface area contributed by atoms with Crippen LogP contribution in [0.3, 0.4) is 0 Å². The van der Waals surface area contributed by atoms with Gasteiger partial charge >= 0.3 is 0 Å². The summed E-state index contributed by atoms with van der Waals surface area (Å²) in [6.45, 7) is 0.485. The Labute approximate surface area is 138 Å². The van der Waals surface area contributed by atoms with Crippen molar-refractivity contribution in [2.75, 3.05) is 7.05 Å². The third kappa shape index (κ3) is 3.93. The molecular weight excluding hydrogens is 311 g/mol. The zero-order chi connectivity index (χ0) is 16.2. The van der Waals surface area contributed by atoms with E-state index in [2.05, 4.69) is 4.98 Å². The number of thiazole rings is 1. The van der Waals surface area contributed by atoms with Gasteiger partial charge in [0.2, 0.25) is 5.91 Å². The topological polar surface area (TPSA) is 33.2 Å². The smallest absolute Gasteiger partial charge is 0.223 e. The number of para-hydroxylation sites is 1. The standard InChI is InChI=1S/C18H17FN2OS/c1-21(12-13-6-8-14(19)9-7-13)18(22)11-10-17-20-15-4-2-3-5-16(15)23-17/h2-9H,10-12H2,1H3. The van der Waals surface area contributed by atoms with Crippen molar-refractivity contribution in [3.63, 3.8) is 0 Å². The molecule has 1 aromatic heterocycles. The molecule has 0 atom stereocenters. The summed E-state index contributed by atoms with van der Waals surface area (Å²) in [5.74, 6) is -0.202. The van der Waals surface area contributed by atoms with Gasteiger partial charge in [-0.25, -0.2) is 9.37 Å². The van der Waals surface area contributed by atoms with E-state index in [4.69, 9.17) is 0 Å². The molecule has 0 spiro atoms. The Balaban J connectivity index is 1.56. The first-order chi connectivity index (χ1) is 11.1. The van der Waals surface area contributed by atoms with E-state index < -0.39 is 0 Å². The zero-order valence-corrected chi connectivity index (χ0v) is 13.6. The number of fused-ring (bicyclic) bond motifs is 1. The number of nitrogens with zero attached hydrogens (tertiary/aromatic N) is 2. The lowest BCUT2D eigenvalue weighted by Gasteiger charge is -2.17. The first kappa shape index (κ1) is 15.6. The molecule has 0 fully saturated rings. The van der Waals surface area contributed by atoms with Gasteiger partial charge in [0.05, 0.1) is 15.2 Å². The molecule has 118 valence electrons. The summed E-state index contributed by atoms with van der Waals surface area (Å²) < 4.78 is 14.0. The molecule has 0 saturated carbocycles. The van der Waals surface area contributed by atoms with Gasteiger partial charge in [-0.05, 0) is 29.8 Å². The minimum atomic E-state index is -0.265. The van der Waals surface area contributed by atoms with Crippen molar-refractivity contribution in [2.24, 2.45) is 0 Å². The molecule has 1 amide bonds. The van der Waals surface area contributed by atoms with Gasteiger partial charge < -0.3 is 4.90 Å². The molecule has 0 bridgehead atoms. The van der Waals surface area contributed by atoms with Crippen LogP contribution in [-0.4, -0.2) is 22.8 Å². The lowest BCUT2D eigenvalue weighted by atomic mass is 10.2. The van der Waals surface area contributed by atoms with Crippen LogP contribution < -0.4 is 0 Å². The van der Waals surface area contributed by atoms with Gasteiger partial charge in [-0.2, -0.15) is 0 Å². The SMILES string of the molecule is CN(Cc1ccc(F)cc1)C(=O)CCc1nc2ccccc2s1. The van der Waals surface area contributed by atoms with Crippen LogP contribution in [0.1, 0.15) is 17.0 Å². The maximum absolute atomic E-state index is 12.9. The van der Waals surface area contributed by atoms with E-state index in [1.807, 2.05) is 24.3 Å². The van der Waals surface area contributed by atoms with Crippen molar-refractivity contribution < 1.29 is 9.18 Å². The number of carbonyl (C=O) groups is 1. The average molecular weight is 328 g/mol. The first-order valence-electron chi connectivity index (χ1n) is 7.44. The van der Waals surface area contributed by atoms with Gasteiger partial charge in [0, 0.05) is 26.4 Å². The Kier molecular flexibility index (Phi) is 4.67. The number of hydrogen-bond donors (Lipinski definition) is 0. The van der Waals surface area contributed by atoms with E-state index in [1.165, 1.54) is 12.1 Å². The largest absolute Gasteiger partial charge is 0.341 e. The van der Waals surface area contributed by atoms with Crippen LogP contribution >= 0.6 is 11.3 Å². The molecular formula is C18H17FN2OS. The van der Waals surface area contributed by atoms with Crippen LogP contribution in [0.25, 0.3) is 10.2 Å². The number of carbonyl (C=O) groups excluding carboxylic acids is 1. The van der Waals surface area contributed by atoms with Crippen molar-refractivity contribution in [2.45, 2.75) is 19.4 Å². The molecule has 0 saturated heterocycles. The summed E-state index contributed by atoms with van der Waals surface area (Å²) in [5.41, 5.74) is 1.90. The number of halogens is 1. The van der Waals surface area contributed by atoms with Crippen molar-refractivity contribution in [3.05, 3.63) is 64.9 Å². The second-order valence-electron chi connectivity index (χ2n) is 5.45. The second-order valence-corrected chi connectivity index (χ2v) is 6.57. The summed E-state index contributed by atoms with van der Waals surface area (Å²) in [7, 11) is 1.77. The van der Waals surface area contributed by atoms with Crippen LogP contribution in [0.15, 0.2) is 48.5 Å². The molecule has 0 N–H and O–H groups in total. The number of rotatable bonds is 5. The van der Waals surface area contributed by atoms with E-state index in [1.54, 1.807) is 35.4 Å². The average Bonchev–Trinajstić information content (AvgIpc) is 2.97. The summed E-state index contributed by atoms with van der Waals surface area (Å²) in [4.78, 5) is 18.4. The maximum atomic E-state index is 12.9. The van der Waals surface area contributed by atoms with Gasteiger partial charge in [0.25, 0.3) is 0 Å². The fourth-order valence-corrected chi connectivity index (χ4v) is 3.35.